The normalized spacial score (nSPS) is 10.4. The molecule has 0 aliphatic rings. The van der Waals surface area contributed by atoms with Gasteiger partial charge in [0.2, 0.25) is 0 Å². The average Bonchev–Trinajstić information content (AvgIpc) is 2.33. The summed E-state index contributed by atoms with van der Waals surface area (Å²) in [7, 11) is 0. The van der Waals surface area contributed by atoms with Gasteiger partial charge in [-0.05, 0) is 0 Å². The van der Waals surface area contributed by atoms with Gasteiger partial charge < -0.3 is 0 Å². The molecule has 0 heterocycles. The molecule has 0 atom stereocenters. The smallest absolute Gasteiger partial charge is 0.203 e. The van der Waals surface area contributed by atoms with Crippen LogP contribution in [0.15, 0.2) is 0 Å². The van der Waals surface area contributed by atoms with Crippen molar-refractivity contribution in [1.29, 1.82) is 15.8 Å². The molecule has 0 radical (unpaired) electrons. The van der Waals surface area contributed by atoms with Crippen molar-refractivity contribution < 1.29 is 22.0 Å². The molecular weight excluding hydrogens is 269 g/mol. The molecule has 1 aromatic carbocycles. The first-order valence-corrected chi connectivity index (χ1v) is 4.57. The van der Waals surface area contributed by atoms with E-state index in [1.165, 1.54) is 6.07 Å². The van der Waals surface area contributed by atoms with Gasteiger partial charge in [0.05, 0.1) is 23.6 Å². The Balaban J connectivity index is 3.96. The lowest BCUT2D eigenvalue weighted by atomic mass is 9.94. The van der Waals surface area contributed by atoms with E-state index in [9.17, 15) is 22.0 Å². The number of hydrogen-bond donors (Lipinski definition) is 0. The fraction of sp³-hybridized carbons (Fsp3) is 0.182. The number of benzene rings is 1. The van der Waals surface area contributed by atoms with Gasteiger partial charge in [0.25, 0.3) is 0 Å². The fourth-order valence-corrected chi connectivity index (χ4v) is 1.49. The van der Waals surface area contributed by atoms with Crippen LogP contribution in [0.25, 0.3) is 0 Å². The summed E-state index contributed by atoms with van der Waals surface area (Å²) >= 11 is 0. The summed E-state index contributed by atoms with van der Waals surface area (Å²) in [5.41, 5.74) is -5.71. The second kappa shape index (κ2) is 4.91. The molecular formula is C11H2F5N3. The molecule has 19 heavy (non-hydrogen) atoms. The zero-order valence-electron chi connectivity index (χ0n) is 8.94. The highest BCUT2D eigenvalue weighted by molar-refractivity contribution is 5.56. The third-order valence-electron chi connectivity index (χ3n) is 2.24. The van der Waals surface area contributed by atoms with E-state index in [0.717, 1.165) is 12.1 Å². The standard InChI is InChI=1S/C11H2F5N3/c12-9-5(1-2-17)6(3-18)8(11(14,15)16)7(4-19)10(9)13/h1H2. The Morgan fingerprint density at radius 2 is 1.42 bits per heavy atom. The lowest BCUT2D eigenvalue weighted by molar-refractivity contribution is -0.138. The fourth-order valence-electron chi connectivity index (χ4n) is 1.49. The summed E-state index contributed by atoms with van der Waals surface area (Å²) in [4.78, 5) is 0. The Morgan fingerprint density at radius 1 is 0.895 bits per heavy atom. The van der Waals surface area contributed by atoms with Gasteiger partial charge in [0, 0.05) is 5.56 Å². The predicted molar refractivity (Wildman–Crippen MR) is 50.1 cm³/mol. The lowest BCUT2D eigenvalue weighted by Crippen LogP contribution is -2.16. The van der Waals surface area contributed by atoms with Crippen LogP contribution in [0.4, 0.5) is 22.0 Å². The molecule has 0 bridgehead atoms. The molecule has 0 aliphatic heterocycles. The Labute approximate surface area is 103 Å². The van der Waals surface area contributed by atoms with Crippen LogP contribution in [-0.2, 0) is 12.6 Å². The van der Waals surface area contributed by atoms with Crippen LogP contribution in [0.3, 0.4) is 0 Å². The number of halogens is 5. The van der Waals surface area contributed by atoms with Gasteiger partial charge >= 0.3 is 6.18 Å². The number of nitrogens with zero attached hydrogens (tertiary/aromatic N) is 3. The molecule has 0 aromatic heterocycles. The zero-order chi connectivity index (χ0) is 14.8. The van der Waals surface area contributed by atoms with Crippen LogP contribution in [0.1, 0.15) is 22.3 Å². The maximum atomic E-state index is 13.5. The van der Waals surface area contributed by atoms with Crippen molar-refractivity contribution in [1.82, 2.24) is 0 Å². The van der Waals surface area contributed by atoms with Gasteiger partial charge in [-0.1, -0.05) is 0 Å². The Hall–Kier alpha value is -2.66. The monoisotopic (exact) mass is 271 g/mol. The molecule has 8 heteroatoms. The summed E-state index contributed by atoms with van der Waals surface area (Å²) < 4.78 is 65.1. The first kappa shape index (κ1) is 14.4. The second-order valence-electron chi connectivity index (χ2n) is 3.29. The highest BCUT2D eigenvalue weighted by Gasteiger charge is 2.41. The average molecular weight is 271 g/mol. The highest BCUT2D eigenvalue weighted by Crippen LogP contribution is 2.38. The quantitative estimate of drug-likeness (QED) is 0.737. The van der Waals surface area contributed by atoms with E-state index in [4.69, 9.17) is 15.8 Å². The second-order valence-corrected chi connectivity index (χ2v) is 3.29. The molecule has 0 fully saturated rings. The van der Waals surface area contributed by atoms with Gasteiger partial charge in [0.15, 0.2) is 11.6 Å². The summed E-state index contributed by atoms with van der Waals surface area (Å²) in [5, 5.41) is 25.5. The number of nitriles is 3. The Morgan fingerprint density at radius 3 is 1.79 bits per heavy atom. The van der Waals surface area contributed by atoms with Crippen LogP contribution in [-0.4, -0.2) is 0 Å². The van der Waals surface area contributed by atoms with E-state index in [-0.39, 0.29) is 0 Å². The van der Waals surface area contributed by atoms with E-state index < -0.39 is 46.5 Å². The predicted octanol–water partition coefficient (Wildman–Crippen LogP) is 2.79. The lowest BCUT2D eigenvalue weighted by Gasteiger charge is -2.14. The third-order valence-corrected chi connectivity index (χ3v) is 2.24. The molecule has 0 aliphatic carbocycles. The van der Waals surface area contributed by atoms with Crippen molar-refractivity contribution >= 4 is 0 Å². The largest absolute Gasteiger partial charge is 0.419 e. The number of hydrogen-bond acceptors (Lipinski definition) is 3. The summed E-state index contributed by atoms with van der Waals surface area (Å²) in [6, 6.07) is 3.29. The van der Waals surface area contributed by atoms with Gasteiger partial charge in [-0.25, -0.2) is 8.78 Å². The van der Waals surface area contributed by atoms with Crippen LogP contribution in [0.5, 0.6) is 0 Å². The minimum atomic E-state index is -5.21. The van der Waals surface area contributed by atoms with Gasteiger partial charge in [-0.2, -0.15) is 29.0 Å². The molecule has 0 amide bonds. The van der Waals surface area contributed by atoms with Gasteiger partial charge in [0.1, 0.15) is 17.7 Å². The first-order valence-electron chi connectivity index (χ1n) is 4.57. The van der Waals surface area contributed by atoms with Crippen molar-refractivity contribution in [2.75, 3.05) is 0 Å². The number of alkyl halides is 3. The molecule has 0 spiro atoms. The van der Waals surface area contributed by atoms with Crippen molar-refractivity contribution in [2.45, 2.75) is 12.6 Å². The van der Waals surface area contributed by atoms with Crippen molar-refractivity contribution in [3.63, 3.8) is 0 Å². The van der Waals surface area contributed by atoms with Crippen LogP contribution in [0.2, 0.25) is 0 Å². The maximum absolute atomic E-state index is 13.5. The van der Waals surface area contributed by atoms with E-state index >= 15 is 0 Å². The molecule has 1 rings (SSSR count). The first-order chi connectivity index (χ1) is 8.79. The minimum Gasteiger partial charge on any atom is -0.203 e. The van der Waals surface area contributed by atoms with Crippen molar-refractivity contribution in [2.24, 2.45) is 0 Å². The van der Waals surface area contributed by atoms with E-state index in [0.29, 0.717) is 0 Å². The Kier molecular flexibility index (Phi) is 3.72. The van der Waals surface area contributed by atoms with Crippen molar-refractivity contribution in [3.05, 3.63) is 33.9 Å². The topological polar surface area (TPSA) is 71.4 Å². The summed E-state index contributed by atoms with van der Waals surface area (Å²) in [6.45, 7) is 0. The van der Waals surface area contributed by atoms with Crippen molar-refractivity contribution in [3.8, 4) is 18.2 Å². The molecule has 1 aromatic rings. The van der Waals surface area contributed by atoms with Crippen LogP contribution < -0.4 is 0 Å². The summed E-state index contributed by atoms with van der Waals surface area (Å²) in [6.07, 6.45) is -6.13. The van der Waals surface area contributed by atoms with E-state index in [1.54, 1.807) is 0 Å². The van der Waals surface area contributed by atoms with E-state index in [2.05, 4.69) is 0 Å². The molecule has 96 valence electrons. The molecule has 3 nitrogen and oxygen atoms in total. The third kappa shape index (κ3) is 2.31. The molecule has 0 unspecified atom stereocenters. The maximum Gasteiger partial charge on any atom is 0.419 e. The SMILES string of the molecule is N#CCc1c(F)c(F)c(C#N)c(C(F)(F)F)c1C#N. The number of rotatable bonds is 1. The minimum absolute atomic E-state index is 0.886. The van der Waals surface area contributed by atoms with Gasteiger partial charge in [-0.15, -0.1) is 0 Å². The Bertz CT molecular complexity index is 656. The molecule has 0 saturated carbocycles. The van der Waals surface area contributed by atoms with E-state index in [1.807, 2.05) is 0 Å². The highest BCUT2D eigenvalue weighted by atomic mass is 19.4. The molecule has 0 saturated heterocycles. The van der Waals surface area contributed by atoms with Crippen LogP contribution >= 0.6 is 0 Å². The van der Waals surface area contributed by atoms with Gasteiger partial charge in [-0.3, -0.25) is 0 Å². The summed E-state index contributed by atoms with van der Waals surface area (Å²) in [5.74, 6) is -3.80. The molecule has 0 N–H and O–H groups in total. The van der Waals surface area contributed by atoms with Crippen LogP contribution in [0, 0.1) is 45.6 Å². The zero-order valence-corrected chi connectivity index (χ0v) is 8.94.